The molecule has 3 aromatic rings. The van der Waals surface area contributed by atoms with Crippen LogP contribution in [-0.4, -0.2) is 104 Å². The molecule has 17 nitrogen and oxygen atoms in total. The highest BCUT2D eigenvalue weighted by Gasteiger charge is 2.46. The van der Waals surface area contributed by atoms with Crippen molar-refractivity contribution in [3.8, 4) is 0 Å². The number of aliphatic hydroxyl groups excluding tert-OH is 5. The number of imidazole rings is 1. The Balaban J connectivity index is 1.31. The molecule has 0 amide bonds. The summed E-state index contributed by atoms with van der Waals surface area (Å²) >= 11 is 0. The van der Waals surface area contributed by atoms with Crippen LogP contribution in [0.25, 0.3) is 11.2 Å². The van der Waals surface area contributed by atoms with E-state index < -0.39 is 66.9 Å². The van der Waals surface area contributed by atoms with Gasteiger partial charge in [0.1, 0.15) is 48.5 Å². The van der Waals surface area contributed by atoms with Gasteiger partial charge < -0.3 is 45.5 Å². The molecule has 8 N–H and O–H groups in total. The van der Waals surface area contributed by atoms with E-state index in [-0.39, 0.29) is 30.4 Å². The van der Waals surface area contributed by atoms with Crippen LogP contribution in [0.3, 0.4) is 0 Å². The lowest BCUT2D eigenvalue weighted by Crippen LogP contribution is -2.40. The molecule has 37 heavy (non-hydrogen) atoms. The van der Waals surface area contributed by atoms with Gasteiger partial charge in [-0.25, -0.2) is 19.7 Å². The lowest BCUT2D eigenvalue weighted by Gasteiger charge is -2.21. The second-order valence-corrected chi connectivity index (χ2v) is 8.67. The number of hydrogen-bond acceptors (Lipinski definition) is 14. The number of nitrogens with one attached hydrogen (secondary N) is 1. The van der Waals surface area contributed by atoms with E-state index in [4.69, 9.17) is 19.9 Å². The fourth-order valence-corrected chi connectivity index (χ4v) is 4.47. The number of aliphatic hydroxyl groups is 5. The fraction of sp³-hybridized carbons (Fsp3) is 0.550. The minimum Gasteiger partial charge on any atom is -0.394 e. The molecule has 2 fully saturated rings. The van der Waals surface area contributed by atoms with E-state index in [1.165, 1.54) is 17.2 Å². The zero-order chi connectivity index (χ0) is 26.4. The largest absolute Gasteiger partial charge is 0.394 e. The Morgan fingerprint density at radius 1 is 1.00 bits per heavy atom. The minimum absolute atomic E-state index is 0.0130. The highest BCUT2D eigenvalue weighted by molar-refractivity contribution is 5.81. The molecule has 0 saturated carbocycles. The van der Waals surface area contributed by atoms with E-state index in [1.54, 1.807) is 0 Å². The molecular weight excluding hydrogens is 498 g/mol. The van der Waals surface area contributed by atoms with Crippen LogP contribution in [0.4, 0.5) is 5.82 Å². The quantitative estimate of drug-likeness (QED) is 0.155. The average molecular weight is 523 g/mol. The molecule has 0 spiro atoms. The van der Waals surface area contributed by atoms with Crippen molar-refractivity contribution in [2.24, 2.45) is 0 Å². The predicted molar refractivity (Wildman–Crippen MR) is 120 cm³/mol. The molecule has 2 aliphatic heterocycles. The van der Waals surface area contributed by atoms with Crippen LogP contribution in [0, 0.1) is 0 Å². The van der Waals surface area contributed by atoms with Crippen LogP contribution in [-0.2, 0) is 20.8 Å². The summed E-state index contributed by atoms with van der Waals surface area (Å²) in [6.45, 7) is -1.24. The van der Waals surface area contributed by atoms with Crippen molar-refractivity contribution in [1.82, 2.24) is 29.1 Å². The van der Waals surface area contributed by atoms with Gasteiger partial charge in [-0.15, -0.1) is 0 Å². The van der Waals surface area contributed by atoms with Gasteiger partial charge in [-0.1, -0.05) is 0 Å². The molecule has 5 heterocycles. The monoisotopic (exact) mass is 523 g/mol. The summed E-state index contributed by atoms with van der Waals surface area (Å²) in [5, 5.41) is 50.8. The van der Waals surface area contributed by atoms with Crippen LogP contribution in [0.5, 0.6) is 0 Å². The van der Waals surface area contributed by atoms with Crippen LogP contribution in [0.2, 0.25) is 0 Å². The highest BCUT2D eigenvalue weighted by atomic mass is 16.6. The third-order valence-electron chi connectivity index (χ3n) is 6.36. The lowest BCUT2D eigenvalue weighted by molar-refractivity contribution is -0.0740. The van der Waals surface area contributed by atoms with Crippen LogP contribution < -0.4 is 17.0 Å². The third-order valence-corrected chi connectivity index (χ3v) is 6.36. The van der Waals surface area contributed by atoms with Gasteiger partial charge in [0.25, 0.3) is 5.56 Å². The Morgan fingerprint density at radius 3 is 2.43 bits per heavy atom. The first kappa shape index (κ1) is 25.4. The predicted octanol–water partition coefficient (Wildman–Crippen LogP) is -4.29. The van der Waals surface area contributed by atoms with Gasteiger partial charge in [-0.05, 0) is 0 Å². The summed E-state index contributed by atoms with van der Waals surface area (Å²) in [4.78, 5) is 38.5. The van der Waals surface area contributed by atoms with E-state index in [1.807, 2.05) is 4.98 Å². The summed E-state index contributed by atoms with van der Waals surface area (Å²) in [6, 6.07) is 1.04. The fourth-order valence-electron chi connectivity index (χ4n) is 4.47. The number of ether oxygens (including phenoxy) is 3. The summed E-state index contributed by atoms with van der Waals surface area (Å²) in [5.41, 5.74) is 4.69. The molecule has 17 heteroatoms. The topological polar surface area (TPSA) is 253 Å². The van der Waals surface area contributed by atoms with Crippen molar-refractivity contribution < 1.29 is 39.7 Å². The zero-order valence-electron chi connectivity index (χ0n) is 19.1. The number of rotatable bonds is 7. The molecule has 200 valence electrons. The van der Waals surface area contributed by atoms with Crippen molar-refractivity contribution in [3.05, 3.63) is 45.3 Å². The van der Waals surface area contributed by atoms with Crippen LogP contribution >= 0.6 is 0 Å². The third kappa shape index (κ3) is 4.40. The Bertz CT molecular complexity index is 1390. The van der Waals surface area contributed by atoms with Gasteiger partial charge in [0.15, 0.2) is 23.9 Å². The molecule has 0 radical (unpaired) electrons. The van der Waals surface area contributed by atoms with Gasteiger partial charge in [0.2, 0.25) is 0 Å². The molecule has 0 aliphatic carbocycles. The summed E-state index contributed by atoms with van der Waals surface area (Å²) in [7, 11) is 0. The van der Waals surface area contributed by atoms with E-state index in [2.05, 4.69) is 15.0 Å². The maximum atomic E-state index is 12.5. The first-order chi connectivity index (χ1) is 17.7. The van der Waals surface area contributed by atoms with Crippen molar-refractivity contribution in [3.63, 3.8) is 0 Å². The summed E-state index contributed by atoms with van der Waals surface area (Å²) in [5.74, 6) is 0.134. The van der Waals surface area contributed by atoms with E-state index >= 15 is 0 Å². The number of aromatic amines is 1. The molecule has 0 aromatic carbocycles. The second kappa shape index (κ2) is 9.88. The Morgan fingerprint density at radius 2 is 1.70 bits per heavy atom. The van der Waals surface area contributed by atoms with Crippen molar-refractivity contribution in [2.45, 2.75) is 55.7 Å². The molecule has 2 aliphatic rings. The maximum absolute atomic E-state index is 12.5. The van der Waals surface area contributed by atoms with E-state index in [0.29, 0.717) is 5.52 Å². The number of hydrogen-bond donors (Lipinski definition) is 7. The van der Waals surface area contributed by atoms with Gasteiger partial charge in [-0.2, -0.15) is 0 Å². The number of nitrogen functional groups attached to an aromatic ring is 1. The standard InChI is InChI=1S/C20H25N7O10/c21-16-11-17(23-5-22-16)26(6-24-11)18-14(32)13(31)9(37-18)4-35-3-7-1-10(29)25-20(34)27(7)19-15(33)12(30)8(2-28)36-19/h1,5-6,8-9,12-15,18-19,28,30-33H,2-4H2,(H2,21,22,23)(H,25,29,34)/t8-,9-,12-,13-,14-,15-,18-,19-/m1/s1. The molecule has 0 unspecified atom stereocenters. The normalized spacial score (nSPS) is 31.9. The number of aromatic nitrogens is 6. The average Bonchev–Trinajstić information content (AvgIpc) is 3.50. The van der Waals surface area contributed by atoms with E-state index in [0.717, 1.165) is 10.6 Å². The Labute approximate surface area is 206 Å². The van der Waals surface area contributed by atoms with Gasteiger partial charge in [0, 0.05) is 6.07 Å². The van der Waals surface area contributed by atoms with Crippen LogP contribution in [0.15, 0.2) is 28.3 Å². The molecular formula is C20H25N7O10. The van der Waals surface area contributed by atoms with Crippen LogP contribution in [0.1, 0.15) is 18.1 Å². The summed E-state index contributed by atoms with van der Waals surface area (Å²) in [6.07, 6.45) is -7.86. The summed E-state index contributed by atoms with van der Waals surface area (Å²) < 4.78 is 19.1. The SMILES string of the molecule is Nc1ncnc2c1ncn2[C@@H]1O[C@H](COCc2cc(=O)[nH]c(=O)n2[C@@H]2O[C@H](CO)[C@@H](O)[C@H]2O)[C@@H](O)[C@H]1O. The number of anilines is 1. The van der Waals surface area contributed by atoms with E-state index in [9.17, 15) is 35.1 Å². The molecule has 0 bridgehead atoms. The lowest BCUT2D eigenvalue weighted by atomic mass is 10.1. The first-order valence-electron chi connectivity index (χ1n) is 11.2. The Kier molecular flexibility index (Phi) is 6.77. The highest BCUT2D eigenvalue weighted by Crippen LogP contribution is 2.32. The first-order valence-corrected chi connectivity index (χ1v) is 11.2. The molecule has 2 saturated heterocycles. The number of fused-ring (bicyclic) bond motifs is 1. The molecule has 8 atom stereocenters. The smallest absolute Gasteiger partial charge is 0.330 e. The van der Waals surface area contributed by atoms with Crippen molar-refractivity contribution >= 4 is 17.0 Å². The maximum Gasteiger partial charge on any atom is 0.330 e. The number of nitrogens with two attached hydrogens (primary N) is 1. The van der Waals surface area contributed by atoms with Gasteiger partial charge >= 0.3 is 5.69 Å². The zero-order valence-corrected chi connectivity index (χ0v) is 19.1. The van der Waals surface area contributed by atoms with Gasteiger partial charge in [-0.3, -0.25) is 18.9 Å². The molecule has 5 rings (SSSR count). The second-order valence-electron chi connectivity index (χ2n) is 8.67. The minimum atomic E-state index is -1.57. The van der Waals surface area contributed by atoms with Crippen molar-refractivity contribution in [1.29, 1.82) is 0 Å². The van der Waals surface area contributed by atoms with Crippen molar-refractivity contribution in [2.75, 3.05) is 18.9 Å². The number of H-pyrrole nitrogens is 1. The number of nitrogens with zero attached hydrogens (tertiary/aromatic N) is 5. The van der Waals surface area contributed by atoms with Gasteiger partial charge in [0.05, 0.1) is 31.8 Å². The Hall–Kier alpha value is -3.29. The molecule has 3 aromatic heterocycles.